The van der Waals surface area contributed by atoms with Gasteiger partial charge in [0.2, 0.25) is 0 Å². The zero-order chi connectivity index (χ0) is 22.7. The average molecular weight is 452 g/mol. The molecule has 3 saturated carbocycles. The molecule has 32 heavy (non-hydrogen) atoms. The van der Waals surface area contributed by atoms with Crippen LogP contribution < -0.4 is 11.1 Å². The second kappa shape index (κ2) is 8.47. The first kappa shape index (κ1) is 23.0. The van der Waals surface area contributed by atoms with Crippen LogP contribution in [0, 0.1) is 17.3 Å². The number of ether oxygens (including phenoxy) is 2. The number of hydrogen-bond acceptors (Lipinski definition) is 7. The van der Waals surface area contributed by atoms with Gasteiger partial charge in [-0.15, -0.1) is 0 Å². The van der Waals surface area contributed by atoms with E-state index in [9.17, 15) is 15.0 Å². The Morgan fingerprint density at radius 1 is 1.31 bits per heavy atom. The van der Waals surface area contributed by atoms with Crippen LogP contribution >= 0.6 is 0 Å². The Hall–Kier alpha value is -0.770. The Labute approximate surface area is 191 Å². The number of likely N-dealkylation sites (tertiary alicyclic amines) is 1. The molecule has 0 aromatic carbocycles. The first-order valence-corrected chi connectivity index (χ1v) is 12.7. The summed E-state index contributed by atoms with van der Waals surface area (Å²) in [6.45, 7) is 1.58. The number of nitrogens with one attached hydrogen (secondary N) is 1. The molecule has 5 N–H and O–H groups in total. The summed E-state index contributed by atoms with van der Waals surface area (Å²) in [7, 11) is 4.08. The predicted octanol–water partition coefficient (Wildman–Crippen LogP) is 0.955. The molecule has 5 unspecified atom stereocenters. The Morgan fingerprint density at radius 2 is 2.12 bits per heavy atom. The minimum Gasteiger partial charge on any atom is -0.480 e. The van der Waals surface area contributed by atoms with E-state index >= 15 is 0 Å². The number of carboxylic acids is 1. The van der Waals surface area contributed by atoms with Gasteiger partial charge in [0.05, 0.1) is 23.9 Å². The van der Waals surface area contributed by atoms with E-state index in [0.717, 1.165) is 57.9 Å². The van der Waals surface area contributed by atoms with Crippen molar-refractivity contribution in [2.24, 2.45) is 23.0 Å². The van der Waals surface area contributed by atoms with Gasteiger partial charge in [-0.1, -0.05) is 6.42 Å². The van der Waals surface area contributed by atoms with Crippen LogP contribution in [-0.4, -0.2) is 90.4 Å². The van der Waals surface area contributed by atoms with Crippen molar-refractivity contribution in [3.05, 3.63) is 0 Å². The van der Waals surface area contributed by atoms with E-state index in [0.29, 0.717) is 24.9 Å². The molecule has 5 fully saturated rings. The molecule has 2 aliphatic heterocycles. The van der Waals surface area contributed by atoms with Gasteiger partial charge in [-0.05, 0) is 77.4 Å². The molecule has 8 nitrogen and oxygen atoms in total. The SMILES string of the molecule is CO[C@]12CC[C@H](N[C@@H](CCCCN)C(=O)O)[C@@H]3OC4C(O)CCC5CC1N(C)CC[C@]32C54. The molecule has 0 amide bonds. The number of aliphatic hydroxyl groups is 1. The van der Waals surface area contributed by atoms with E-state index in [2.05, 4.69) is 17.3 Å². The van der Waals surface area contributed by atoms with Crippen LogP contribution in [0.4, 0.5) is 0 Å². The summed E-state index contributed by atoms with van der Waals surface area (Å²) in [6.07, 6.45) is 7.10. The van der Waals surface area contributed by atoms with Crippen LogP contribution in [0.15, 0.2) is 0 Å². The third-order valence-electron chi connectivity index (χ3n) is 9.96. The highest BCUT2D eigenvalue weighted by Crippen LogP contribution is 2.70. The standard InChI is InChI=1S/C24H41N3O5/c1-27-12-10-23-19-14-6-7-17(28)20(19)32-21(23)15(8-9-24(23,31-2)18(27)13-14)26-16(22(29)30)5-3-4-11-25/h14-21,26,28H,3-13,25H2,1-2H3,(H,29,30)/t14?,15-,16-,17?,18?,19?,20?,21-,23-,24+/m0/s1. The molecule has 8 heteroatoms. The van der Waals surface area contributed by atoms with Gasteiger partial charge in [0, 0.05) is 30.5 Å². The number of carbonyl (C=O) groups is 1. The molecular formula is C24H41N3O5. The van der Waals surface area contributed by atoms with Crippen LogP contribution in [0.2, 0.25) is 0 Å². The van der Waals surface area contributed by atoms with Gasteiger partial charge in [0.1, 0.15) is 6.04 Å². The van der Waals surface area contributed by atoms with Gasteiger partial charge in [-0.3, -0.25) is 10.1 Å². The summed E-state index contributed by atoms with van der Waals surface area (Å²) in [5, 5.41) is 24.4. The highest BCUT2D eigenvalue weighted by Gasteiger charge is 2.78. The lowest BCUT2D eigenvalue weighted by atomic mass is 9.42. The highest BCUT2D eigenvalue weighted by molar-refractivity contribution is 5.73. The lowest BCUT2D eigenvalue weighted by molar-refractivity contribution is -0.269. The van der Waals surface area contributed by atoms with Crippen molar-refractivity contribution in [1.29, 1.82) is 0 Å². The Balaban J connectivity index is 1.50. The van der Waals surface area contributed by atoms with E-state index in [1.165, 1.54) is 0 Å². The van der Waals surface area contributed by atoms with Gasteiger partial charge < -0.3 is 30.3 Å². The number of rotatable bonds is 8. The zero-order valence-corrected chi connectivity index (χ0v) is 19.5. The van der Waals surface area contributed by atoms with Gasteiger partial charge >= 0.3 is 5.97 Å². The van der Waals surface area contributed by atoms with Crippen molar-refractivity contribution in [2.45, 2.75) is 99.8 Å². The summed E-state index contributed by atoms with van der Waals surface area (Å²) in [6, 6.07) is -0.295. The number of aliphatic hydroxyl groups excluding tert-OH is 1. The van der Waals surface area contributed by atoms with Crippen LogP contribution in [0.3, 0.4) is 0 Å². The molecule has 5 aliphatic rings. The maximum Gasteiger partial charge on any atom is 0.320 e. The number of carboxylic acid groups (broad SMARTS) is 1. The number of likely N-dealkylation sites (N-methyl/N-ethyl adjacent to an activating group) is 1. The normalized spacial score (nSPS) is 48.3. The fourth-order valence-corrected chi connectivity index (χ4v) is 8.76. The van der Waals surface area contributed by atoms with Crippen molar-refractivity contribution in [3.63, 3.8) is 0 Å². The lowest BCUT2D eigenvalue weighted by Crippen LogP contribution is -2.78. The van der Waals surface area contributed by atoms with Gasteiger partial charge in [-0.25, -0.2) is 0 Å². The largest absolute Gasteiger partial charge is 0.480 e. The molecule has 1 spiro atoms. The quantitative estimate of drug-likeness (QED) is 0.403. The van der Waals surface area contributed by atoms with Crippen LogP contribution in [0.5, 0.6) is 0 Å². The molecule has 0 radical (unpaired) electrons. The molecule has 2 heterocycles. The van der Waals surface area contributed by atoms with Crippen molar-refractivity contribution in [1.82, 2.24) is 10.2 Å². The van der Waals surface area contributed by atoms with Gasteiger partial charge in [0.25, 0.3) is 0 Å². The molecule has 2 bridgehead atoms. The smallest absolute Gasteiger partial charge is 0.320 e. The molecule has 5 rings (SSSR count). The van der Waals surface area contributed by atoms with Crippen LogP contribution in [-0.2, 0) is 14.3 Å². The third kappa shape index (κ3) is 3.06. The topological polar surface area (TPSA) is 117 Å². The van der Waals surface area contributed by atoms with Crippen LogP contribution in [0.1, 0.15) is 57.8 Å². The number of unbranched alkanes of at least 4 members (excludes halogenated alkanes) is 1. The lowest BCUT2D eigenvalue weighted by Gasteiger charge is -2.69. The minimum absolute atomic E-state index is 0.0437. The number of hydrogen-bond donors (Lipinski definition) is 4. The van der Waals surface area contributed by atoms with E-state index < -0.39 is 18.1 Å². The molecule has 10 atom stereocenters. The Bertz CT molecular complexity index is 724. The summed E-state index contributed by atoms with van der Waals surface area (Å²) in [5.41, 5.74) is 5.15. The predicted molar refractivity (Wildman–Crippen MR) is 119 cm³/mol. The number of aliphatic carboxylic acids is 1. The van der Waals surface area contributed by atoms with Crippen molar-refractivity contribution >= 4 is 5.97 Å². The van der Waals surface area contributed by atoms with Gasteiger partial charge in [0.15, 0.2) is 0 Å². The zero-order valence-electron chi connectivity index (χ0n) is 19.5. The average Bonchev–Trinajstić information content (AvgIpc) is 3.14. The fraction of sp³-hybridized carbons (Fsp3) is 0.958. The molecule has 0 aromatic rings. The second-order valence-corrected chi connectivity index (χ2v) is 11.1. The monoisotopic (exact) mass is 451 g/mol. The summed E-state index contributed by atoms with van der Waals surface area (Å²) in [4.78, 5) is 14.5. The van der Waals surface area contributed by atoms with Crippen molar-refractivity contribution < 1.29 is 24.5 Å². The number of piperidine rings is 1. The Morgan fingerprint density at radius 3 is 2.84 bits per heavy atom. The number of nitrogens with zero attached hydrogens (tertiary/aromatic N) is 1. The maximum atomic E-state index is 12.1. The number of methoxy groups -OCH3 is 1. The molecular weight excluding hydrogens is 410 g/mol. The van der Waals surface area contributed by atoms with E-state index in [4.69, 9.17) is 15.2 Å². The molecule has 0 aromatic heterocycles. The number of nitrogens with two attached hydrogens (primary N) is 1. The van der Waals surface area contributed by atoms with Gasteiger partial charge in [-0.2, -0.15) is 0 Å². The van der Waals surface area contributed by atoms with E-state index in [1.54, 1.807) is 0 Å². The maximum absolute atomic E-state index is 12.1. The van der Waals surface area contributed by atoms with E-state index in [-0.39, 0.29) is 35.2 Å². The second-order valence-electron chi connectivity index (χ2n) is 11.1. The molecule has 2 saturated heterocycles. The van der Waals surface area contributed by atoms with Crippen molar-refractivity contribution in [2.75, 3.05) is 27.2 Å². The van der Waals surface area contributed by atoms with E-state index in [1.807, 2.05) is 7.11 Å². The summed E-state index contributed by atoms with van der Waals surface area (Å²) in [5.74, 6) is 0.00981. The molecule has 182 valence electrons. The fourth-order valence-electron chi connectivity index (χ4n) is 8.76. The summed E-state index contributed by atoms with van der Waals surface area (Å²) >= 11 is 0. The highest BCUT2D eigenvalue weighted by atomic mass is 16.5. The third-order valence-corrected chi connectivity index (χ3v) is 9.96. The molecule has 3 aliphatic carbocycles. The first-order valence-electron chi connectivity index (χ1n) is 12.7. The minimum atomic E-state index is -0.804. The van der Waals surface area contributed by atoms with Crippen LogP contribution in [0.25, 0.3) is 0 Å². The Kier molecular flexibility index (Phi) is 6.08. The summed E-state index contributed by atoms with van der Waals surface area (Å²) < 4.78 is 13.3. The van der Waals surface area contributed by atoms with Crippen molar-refractivity contribution in [3.8, 4) is 0 Å². The first-order chi connectivity index (χ1) is 15.4.